The van der Waals surface area contributed by atoms with Gasteiger partial charge in [-0.25, -0.2) is 13.1 Å². The van der Waals surface area contributed by atoms with E-state index in [1.807, 2.05) is 6.92 Å². The normalized spacial score (nSPS) is 11.5. The van der Waals surface area contributed by atoms with Gasteiger partial charge >= 0.3 is 0 Å². The molecule has 0 atom stereocenters. The summed E-state index contributed by atoms with van der Waals surface area (Å²) in [6.07, 6.45) is 0.783. The lowest BCUT2D eigenvalue weighted by molar-refractivity contribution is -0.384. The Morgan fingerprint density at radius 1 is 1.29 bits per heavy atom. The molecule has 0 spiro atoms. The molecule has 2 aromatic rings. The number of rotatable bonds is 6. The summed E-state index contributed by atoms with van der Waals surface area (Å²) in [4.78, 5) is 11.2. The number of nitro benzene ring substituents is 1. The average Bonchev–Trinajstić information content (AvgIpc) is 2.95. The van der Waals surface area contributed by atoms with E-state index < -0.39 is 14.9 Å². The molecule has 0 aliphatic rings. The van der Waals surface area contributed by atoms with Gasteiger partial charge in [-0.3, -0.25) is 10.1 Å². The van der Waals surface area contributed by atoms with Gasteiger partial charge in [-0.1, -0.05) is 19.1 Å². The van der Waals surface area contributed by atoms with Crippen molar-refractivity contribution >= 4 is 27.0 Å². The summed E-state index contributed by atoms with van der Waals surface area (Å²) >= 11 is 1.22. The highest BCUT2D eigenvalue weighted by molar-refractivity contribution is 7.91. The van der Waals surface area contributed by atoms with E-state index in [0.29, 0.717) is 5.56 Å². The minimum absolute atomic E-state index is 0.0172. The van der Waals surface area contributed by atoms with E-state index in [0.717, 1.165) is 11.3 Å². The fourth-order valence-corrected chi connectivity index (χ4v) is 4.08. The summed E-state index contributed by atoms with van der Waals surface area (Å²) in [5, 5.41) is 10.7. The zero-order valence-corrected chi connectivity index (χ0v) is 12.9. The van der Waals surface area contributed by atoms with Gasteiger partial charge in [0.2, 0.25) is 10.0 Å². The lowest BCUT2D eigenvalue weighted by Gasteiger charge is -2.04. The highest BCUT2D eigenvalue weighted by atomic mass is 32.2. The van der Waals surface area contributed by atoms with Crippen molar-refractivity contribution in [2.24, 2.45) is 0 Å². The van der Waals surface area contributed by atoms with Crippen molar-refractivity contribution in [3.05, 3.63) is 57.0 Å². The van der Waals surface area contributed by atoms with Crippen molar-refractivity contribution in [3.63, 3.8) is 0 Å². The lowest BCUT2D eigenvalue weighted by atomic mass is 10.2. The van der Waals surface area contributed by atoms with Gasteiger partial charge < -0.3 is 0 Å². The third kappa shape index (κ3) is 3.87. The number of nitrogens with one attached hydrogen (secondary N) is 1. The number of non-ortho nitro benzene ring substituents is 1. The van der Waals surface area contributed by atoms with Crippen LogP contribution in [0.2, 0.25) is 0 Å². The van der Waals surface area contributed by atoms with Crippen molar-refractivity contribution in [3.8, 4) is 0 Å². The van der Waals surface area contributed by atoms with E-state index in [1.165, 1.54) is 29.5 Å². The van der Waals surface area contributed by atoms with Crippen LogP contribution in [0.1, 0.15) is 17.4 Å². The second-order valence-corrected chi connectivity index (χ2v) is 7.49. The van der Waals surface area contributed by atoms with Gasteiger partial charge in [0.15, 0.2) is 0 Å². The Kier molecular flexibility index (Phi) is 4.71. The van der Waals surface area contributed by atoms with E-state index in [1.54, 1.807) is 18.2 Å². The molecule has 2 rings (SSSR count). The predicted molar refractivity (Wildman–Crippen MR) is 80.8 cm³/mol. The molecule has 0 unspecified atom stereocenters. The van der Waals surface area contributed by atoms with Crippen LogP contribution >= 0.6 is 11.3 Å². The Bertz CT molecular complexity index is 753. The molecule has 21 heavy (non-hydrogen) atoms. The van der Waals surface area contributed by atoms with Crippen LogP contribution in [0.3, 0.4) is 0 Å². The molecule has 1 N–H and O–H groups in total. The predicted octanol–water partition coefficient (Wildman–Crippen LogP) is 2.70. The minimum Gasteiger partial charge on any atom is -0.258 e. The van der Waals surface area contributed by atoms with Crippen molar-refractivity contribution in [2.45, 2.75) is 24.1 Å². The molecule has 1 heterocycles. The first-order valence-corrected chi connectivity index (χ1v) is 8.54. The van der Waals surface area contributed by atoms with Crippen LogP contribution in [0, 0.1) is 10.1 Å². The summed E-state index contributed by atoms with van der Waals surface area (Å²) in [5.74, 6) is 0. The van der Waals surface area contributed by atoms with E-state index in [2.05, 4.69) is 4.72 Å². The molecule has 0 aliphatic carbocycles. The molecule has 0 amide bonds. The zero-order chi connectivity index (χ0) is 15.5. The van der Waals surface area contributed by atoms with Gasteiger partial charge in [-0.05, 0) is 24.1 Å². The number of hydrogen-bond acceptors (Lipinski definition) is 5. The summed E-state index contributed by atoms with van der Waals surface area (Å²) in [6, 6.07) is 9.24. The summed E-state index contributed by atoms with van der Waals surface area (Å²) < 4.78 is 26.9. The second kappa shape index (κ2) is 6.33. The van der Waals surface area contributed by atoms with Crippen molar-refractivity contribution in [1.29, 1.82) is 0 Å². The van der Waals surface area contributed by atoms with E-state index in [9.17, 15) is 18.5 Å². The fraction of sp³-hybridized carbons (Fsp3) is 0.231. The Hall–Kier alpha value is -1.77. The number of aryl methyl sites for hydroxylation is 1. The van der Waals surface area contributed by atoms with Crippen LogP contribution in [0.4, 0.5) is 5.69 Å². The molecule has 0 saturated carbocycles. The lowest BCUT2D eigenvalue weighted by Crippen LogP contribution is -2.22. The maximum Gasteiger partial charge on any atom is 0.269 e. The van der Waals surface area contributed by atoms with Crippen LogP contribution in [-0.4, -0.2) is 13.3 Å². The monoisotopic (exact) mass is 326 g/mol. The molecule has 1 aromatic carbocycles. The fourth-order valence-electron chi connectivity index (χ4n) is 1.72. The highest BCUT2D eigenvalue weighted by Gasteiger charge is 2.16. The SMILES string of the molecule is CCc1ccc(S(=O)(=O)NCc2cccc([N+](=O)[O-])c2)s1. The van der Waals surface area contributed by atoms with Gasteiger partial charge in [-0.15, -0.1) is 11.3 Å². The van der Waals surface area contributed by atoms with Crippen LogP contribution in [0.5, 0.6) is 0 Å². The number of nitrogens with zero attached hydrogens (tertiary/aromatic N) is 1. The number of benzene rings is 1. The highest BCUT2D eigenvalue weighted by Crippen LogP contribution is 2.22. The number of nitro groups is 1. The molecule has 0 aliphatic heterocycles. The largest absolute Gasteiger partial charge is 0.269 e. The first kappa shape index (κ1) is 15.6. The standard InChI is InChI=1S/C13H14N2O4S2/c1-2-12-6-7-13(20-12)21(18,19)14-9-10-4-3-5-11(8-10)15(16)17/h3-8,14H,2,9H2,1H3. The van der Waals surface area contributed by atoms with Crippen LogP contribution in [0.15, 0.2) is 40.6 Å². The molecule has 0 saturated heterocycles. The van der Waals surface area contributed by atoms with Crippen LogP contribution in [0.25, 0.3) is 0 Å². The quantitative estimate of drug-likeness (QED) is 0.653. The second-order valence-electron chi connectivity index (χ2n) is 4.33. The average molecular weight is 326 g/mol. The third-order valence-corrected chi connectivity index (χ3v) is 5.96. The molecule has 0 radical (unpaired) electrons. The maximum absolute atomic E-state index is 12.1. The van der Waals surface area contributed by atoms with Crippen LogP contribution in [-0.2, 0) is 23.0 Å². The summed E-state index contributed by atoms with van der Waals surface area (Å²) in [5.41, 5.74) is 0.483. The first-order valence-electron chi connectivity index (χ1n) is 6.24. The third-order valence-electron chi connectivity index (χ3n) is 2.84. The number of sulfonamides is 1. The van der Waals surface area contributed by atoms with Crippen molar-refractivity contribution in [1.82, 2.24) is 4.72 Å². The smallest absolute Gasteiger partial charge is 0.258 e. The molecular formula is C13H14N2O4S2. The molecule has 0 fully saturated rings. The molecule has 0 bridgehead atoms. The van der Waals surface area contributed by atoms with Gasteiger partial charge in [0.05, 0.1) is 4.92 Å². The topological polar surface area (TPSA) is 89.3 Å². The van der Waals surface area contributed by atoms with Gasteiger partial charge in [0, 0.05) is 23.6 Å². The number of hydrogen-bond donors (Lipinski definition) is 1. The van der Waals surface area contributed by atoms with Gasteiger partial charge in [-0.2, -0.15) is 0 Å². The van der Waals surface area contributed by atoms with Gasteiger partial charge in [0.25, 0.3) is 5.69 Å². The molecule has 112 valence electrons. The number of thiophene rings is 1. The zero-order valence-electron chi connectivity index (χ0n) is 11.3. The molecule has 8 heteroatoms. The van der Waals surface area contributed by atoms with Crippen molar-refractivity contribution < 1.29 is 13.3 Å². The molecule has 6 nitrogen and oxygen atoms in total. The van der Waals surface area contributed by atoms with Crippen LogP contribution < -0.4 is 4.72 Å². The minimum atomic E-state index is -3.58. The Morgan fingerprint density at radius 3 is 2.67 bits per heavy atom. The first-order chi connectivity index (χ1) is 9.92. The maximum atomic E-state index is 12.1. The van der Waals surface area contributed by atoms with Gasteiger partial charge in [0.1, 0.15) is 4.21 Å². The Labute approximate surface area is 126 Å². The van der Waals surface area contributed by atoms with E-state index >= 15 is 0 Å². The summed E-state index contributed by atoms with van der Waals surface area (Å²) in [6.45, 7) is 1.97. The Balaban J connectivity index is 2.11. The van der Waals surface area contributed by atoms with E-state index in [4.69, 9.17) is 0 Å². The Morgan fingerprint density at radius 2 is 2.05 bits per heavy atom. The van der Waals surface area contributed by atoms with E-state index in [-0.39, 0.29) is 16.4 Å². The molecule has 1 aromatic heterocycles. The summed E-state index contributed by atoms with van der Waals surface area (Å²) in [7, 11) is -3.58. The molecular weight excluding hydrogens is 312 g/mol. The van der Waals surface area contributed by atoms with Crippen molar-refractivity contribution in [2.75, 3.05) is 0 Å².